The van der Waals surface area contributed by atoms with Crippen molar-refractivity contribution in [3.8, 4) is 0 Å². The van der Waals surface area contributed by atoms with Crippen LogP contribution < -0.4 is 11.2 Å². The molecule has 0 aliphatic carbocycles. The highest BCUT2D eigenvalue weighted by Gasteiger charge is 2.46. The predicted molar refractivity (Wildman–Crippen MR) is 65.7 cm³/mol. The zero-order chi connectivity index (χ0) is 14.2. The Morgan fingerprint density at radius 2 is 2.37 bits per heavy atom. The standard InChI is InChI=1S/C11H14ClFN2O4/c1-6-2-8(19-11(6,4-12)5-16)15-3-7(13)9(17)14-10(15)18/h3,6,8,16H,2,4-5H2,1H3,(H,14,17,18)/t6-,8+,11+/m0/s1. The first-order valence-corrected chi connectivity index (χ1v) is 6.32. The number of rotatable bonds is 3. The summed E-state index contributed by atoms with van der Waals surface area (Å²) in [6.07, 6.45) is 0.429. The monoisotopic (exact) mass is 292 g/mol. The van der Waals surface area contributed by atoms with Crippen LogP contribution in [-0.2, 0) is 4.74 Å². The largest absolute Gasteiger partial charge is 0.393 e. The molecule has 1 aromatic heterocycles. The minimum absolute atomic E-state index is 0.0573. The van der Waals surface area contributed by atoms with Gasteiger partial charge in [-0.3, -0.25) is 14.3 Å². The third-order valence-corrected chi connectivity index (χ3v) is 4.00. The van der Waals surface area contributed by atoms with Crippen LogP contribution in [0.1, 0.15) is 19.6 Å². The van der Waals surface area contributed by atoms with Crippen LogP contribution >= 0.6 is 11.6 Å². The summed E-state index contributed by atoms with van der Waals surface area (Å²) >= 11 is 5.80. The molecule has 1 aliphatic rings. The van der Waals surface area contributed by atoms with Gasteiger partial charge in [0, 0.05) is 0 Å². The molecule has 0 unspecified atom stereocenters. The second-order valence-electron chi connectivity index (χ2n) is 4.71. The first kappa shape index (κ1) is 14.2. The Morgan fingerprint density at radius 1 is 1.68 bits per heavy atom. The Bertz CT molecular complexity index is 581. The molecule has 2 rings (SSSR count). The highest BCUT2D eigenvalue weighted by Crippen LogP contribution is 2.41. The van der Waals surface area contributed by atoms with Gasteiger partial charge in [-0.05, 0) is 12.3 Å². The molecule has 1 saturated heterocycles. The summed E-state index contributed by atoms with van der Waals surface area (Å²) < 4.78 is 19.8. The molecule has 1 fully saturated rings. The number of aromatic nitrogens is 2. The molecule has 0 bridgehead atoms. The van der Waals surface area contributed by atoms with Gasteiger partial charge in [-0.25, -0.2) is 4.79 Å². The van der Waals surface area contributed by atoms with Gasteiger partial charge in [0.15, 0.2) is 0 Å². The normalized spacial score (nSPS) is 30.7. The summed E-state index contributed by atoms with van der Waals surface area (Å²) in [7, 11) is 0. The third-order valence-electron chi connectivity index (χ3n) is 3.55. The van der Waals surface area contributed by atoms with E-state index in [4.69, 9.17) is 16.3 Å². The minimum atomic E-state index is -1.07. The first-order valence-electron chi connectivity index (χ1n) is 5.79. The zero-order valence-electron chi connectivity index (χ0n) is 10.2. The van der Waals surface area contributed by atoms with Crippen LogP contribution in [0.2, 0.25) is 0 Å². The van der Waals surface area contributed by atoms with Crippen molar-refractivity contribution in [2.45, 2.75) is 25.2 Å². The van der Waals surface area contributed by atoms with Crippen molar-refractivity contribution in [2.24, 2.45) is 5.92 Å². The van der Waals surface area contributed by atoms with E-state index < -0.39 is 28.9 Å². The number of aromatic amines is 1. The lowest BCUT2D eigenvalue weighted by molar-refractivity contribution is -0.0971. The van der Waals surface area contributed by atoms with Crippen LogP contribution in [0.3, 0.4) is 0 Å². The number of nitrogens with zero attached hydrogens (tertiary/aromatic N) is 1. The molecule has 0 amide bonds. The average molecular weight is 293 g/mol. The fourth-order valence-corrected chi connectivity index (χ4v) is 2.61. The molecule has 0 spiro atoms. The molecule has 106 valence electrons. The lowest BCUT2D eigenvalue weighted by atomic mass is 9.91. The smallest absolute Gasteiger partial charge is 0.330 e. The van der Waals surface area contributed by atoms with E-state index in [1.165, 1.54) is 0 Å². The number of aliphatic hydroxyl groups excluding tert-OH is 1. The minimum Gasteiger partial charge on any atom is -0.393 e. The van der Waals surface area contributed by atoms with Crippen molar-refractivity contribution in [3.63, 3.8) is 0 Å². The molecule has 0 saturated carbocycles. The van der Waals surface area contributed by atoms with Crippen LogP contribution in [0.25, 0.3) is 0 Å². The van der Waals surface area contributed by atoms with Crippen molar-refractivity contribution in [1.82, 2.24) is 9.55 Å². The molecule has 6 nitrogen and oxygen atoms in total. The Kier molecular flexibility index (Phi) is 3.80. The van der Waals surface area contributed by atoms with Gasteiger partial charge in [0.25, 0.3) is 5.56 Å². The molecule has 3 atom stereocenters. The van der Waals surface area contributed by atoms with Gasteiger partial charge in [0.2, 0.25) is 5.82 Å². The van der Waals surface area contributed by atoms with E-state index in [2.05, 4.69) is 0 Å². The molecule has 2 N–H and O–H groups in total. The number of H-pyrrole nitrogens is 1. The van der Waals surface area contributed by atoms with Gasteiger partial charge in [-0.2, -0.15) is 4.39 Å². The third kappa shape index (κ3) is 2.33. The average Bonchev–Trinajstić information content (AvgIpc) is 2.71. The molecule has 2 heterocycles. The number of aliphatic hydroxyl groups is 1. The van der Waals surface area contributed by atoms with Crippen LogP contribution in [0.4, 0.5) is 4.39 Å². The SMILES string of the molecule is C[C@H]1C[C@H](n2cc(F)c(=O)[nH]c2=O)O[C@@]1(CO)CCl. The Labute approximate surface area is 112 Å². The summed E-state index contributed by atoms with van der Waals surface area (Å²) in [5, 5.41) is 9.39. The van der Waals surface area contributed by atoms with Gasteiger partial charge in [-0.1, -0.05) is 6.92 Å². The van der Waals surface area contributed by atoms with Crippen molar-refractivity contribution in [1.29, 1.82) is 0 Å². The molecular weight excluding hydrogens is 279 g/mol. The van der Waals surface area contributed by atoms with Crippen molar-refractivity contribution >= 4 is 11.6 Å². The number of halogens is 2. The van der Waals surface area contributed by atoms with Crippen LogP contribution in [0.5, 0.6) is 0 Å². The maximum atomic E-state index is 13.2. The first-order chi connectivity index (χ1) is 8.93. The molecular formula is C11H14ClFN2O4. The van der Waals surface area contributed by atoms with Gasteiger partial charge in [0.1, 0.15) is 11.8 Å². The van der Waals surface area contributed by atoms with Crippen molar-refractivity contribution in [3.05, 3.63) is 32.9 Å². The van der Waals surface area contributed by atoms with Gasteiger partial charge in [0.05, 0.1) is 18.7 Å². The van der Waals surface area contributed by atoms with Crippen LogP contribution in [0.15, 0.2) is 15.8 Å². The Hall–Kier alpha value is -1.18. The summed E-state index contributed by atoms with van der Waals surface area (Å²) in [5.74, 6) is -1.12. The maximum absolute atomic E-state index is 13.2. The second-order valence-corrected chi connectivity index (χ2v) is 4.98. The van der Waals surface area contributed by atoms with Crippen molar-refractivity contribution < 1.29 is 14.2 Å². The summed E-state index contributed by atoms with van der Waals surface area (Å²) in [5.41, 5.74) is -2.79. The van der Waals surface area contributed by atoms with Crippen LogP contribution in [-0.4, -0.2) is 32.7 Å². The van der Waals surface area contributed by atoms with E-state index in [9.17, 15) is 19.1 Å². The number of alkyl halides is 1. The lowest BCUT2D eigenvalue weighted by Gasteiger charge is -2.28. The number of nitrogens with one attached hydrogen (secondary N) is 1. The van der Waals surface area contributed by atoms with Gasteiger partial charge in [-0.15, -0.1) is 11.6 Å². The van der Waals surface area contributed by atoms with E-state index in [1.54, 1.807) is 0 Å². The molecule has 1 aromatic rings. The predicted octanol–water partition coefficient (Wildman–Crippen LogP) is 0.201. The zero-order valence-corrected chi connectivity index (χ0v) is 11.0. The van der Waals surface area contributed by atoms with E-state index in [-0.39, 0.29) is 18.4 Å². The van der Waals surface area contributed by atoms with E-state index in [0.717, 1.165) is 10.8 Å². The number of ether oxygens (including phenoxy) is 1. The molecule has 19 heavy (non-hydrogen) atoms. The van der Waals surface area contributed by atoms with E-state index in [0.29, 0.717) is 6.42 Å². The molecule has 8 heteroatoms. The number of hydrogen-bond acceptors (Lipinski definition) is 4. The Balaban J connectivity index is 2.38. The van der Waals surface area contributed by atoms with Crippen LogP contribution in [0, 0.1) is 11.7 Å². The fraction of sp³-hybridized carbons (Fsp3) is 0.636. The molecule has 1 aliphatic heterocycles. The van der Waals surface area contributed by atoms with Gasteiger partial charge < -0.3 is 9.84 Å². The van der Waals surface area contributed by atoms with Gasteiger partial charge >= 0.3 is 5.69 Å². The van der Waals surface area contributed by atoms with E-state index >= 15 is 0 Å². The maximum Gasteiger partial charge on any atom is 0.330 e. The highest BCUT2D eigenvalue weighted by molar-refractivity contribution is 6.18. The highest BCUT2D eigenvalue weighted by atomic mass is 35.5. The topological polar surface area (TPSA) is 84.3 Å². The number of hydrogen-bond donors (Lipinski definition) is 2. The van der Waals surface area contributed by atoms with Crippen molar-refractivity contribution in [2.75, 3.05) is 12.5 Å². The summed E-state index contributed by atoms with van der Waals surface area (Å²) in [4.78, 5) is 24.5. The Morgan fingerprint density at radius 3 is 2.89 bits per heavy atom. The second kappa shape index (κ2) is 5.07. The summed E-state index contributed by atoms with van der Waals surface area (Å²) in [6, 6.07) is 0. The molecule has 0 aromatic carbocycles. The fourth-order valence-electron chi connectivity index (χ4n) is 2.20. The van der Waals surface area contributed by atoms with E-state index in [1.807, 2.05) is 11.9 Å². The summed E-state index contributed by atoms with van der Waals surface area (Å²) in [6.45, 7) is 1.53. The molecule has 0 radical (unpaired) electrons. The quantitative estimate of drug-likeness (QED) is 0.780. The lowest BCUT2D eigenvalue weighted by Crippen LogP contribution is -2.41.